The van der Waals surface area contributed by atoms with Gasteiger partial charge in [-0.3, -0.25) is 4.79 Å². The molecule has 2 aromatic rings. The second-order valence-corrected chi connectivity index (χ2v) is 7.91. The number of thioether (sulfide) groups is 1. The zero-order chi connectivity index (χ0) is 16.6. The summed E-state index contributed by atoms with van der Waals surface area (Å²) in [6.45, 7) is 0. The van der Waals surface area contributed by atoms with Crippen LogP contribution in [-0.2, 0) is 14.8 Å². The van der Waals surface area contributed by atoms with Gasteiger partial charge in [-0.25, -0.2) is 13.6 Å². The Kier molecular flexibility index (Phi) is 4.11. The van der Waals surface area contributed by atoms with Crippen LogP contribution in [0.1, 0.15) is 5.76 Å². The number of carbonyl (C=O) groups excluding carboxylic acids is 1. The molecule has 2 heterocycles. The summed E-state index contributed by atoms with van der Waals surface area (Å²) in [7, 11) is -3.78. The van der Waals surface area contributed by atoms with Crippen molar-refractivity contribution in [3.05, 3.63) is 47.1 Å². The van der Waals surface area contributed by atoms with Gasteiger partial charge >= 0.3 is 0 Å². The molecular formula is C14H10N2O4S3. The van der Waals surface area contributed by atoms with Crippen molar-refractivity contribution in [1.29, 1.82) is 0 Å². The van der Waals surface area contributed by atoms with E-state index in [4.69, 9.17) is 21.8 Å². The van der Waals surface area contributed by atoms with Crippen molar-refractivity contribution in [3.63, 3.8) is 0 Å². The zero-order valence-corrected chi connectivity index (χ0v) is 13.9. The molecule has 23 heavy (non-hydrogen) atoms. The Morgan fingerprint density at radius 2 is 2.04 bits per heavy atom. The van der Waals surface area contributed by atoms with E-state index in [1.807, 2.05) is 0 Å². The van der Waals surface area contributed by atoms with Crippen molar-refractivity contribution < 1.29 is 17.6 Å². The number of hydrogen-bond donors (Lipinski definition) is 2. The quantitative estimate of drug-likeness (QED) is 0.637. The number of nitrogens with two attached hydrogens (primary N) is 1. The van der Waals surface area contributed by atoms with Gasteiger partial charge in [0.25, 0.3) is 5.91 Å². The Labute approximate surface area is 141 Å². The Morgan fingerprint density at radius 1 is 1.26 bits per heavy atom. The van der Waals surface area contributed by atoms with Crippen LogP contribution >= 0.6 is 24.0 Å². The van der Waals surface area contributed by atoms with Crippen LogP contribution in [0.2, 0.25) is 0 Å². The van der Waals surface area contributed by atoms with Crippen molar-refractivity contribution in [3.8, 4) is 11.3 Å². The molecular weight excluding hydrogens is 356 g/mol. The molecule has 0 aliphatic carbocycles. The molecule has 9 heteroatoms. The van der Waals surface area contributed by atoms with Crippen LogP contribution in [0, 0.1) is 0 Å². The fourth-order valence-electron chi connectivity index (χ4n) is 1.96. The number of carbonyl (C=O) groups is 1. The highest BCUT2D eigenvalue weighted by atomic mass is 32.2. The minimum Gasteiger partial charge on any atom is -0.457 e. The standard InChI is InChI=1S/C14H10N2O4S3/c15-23(18,19)10-3-1-2-8(6-10)11-5-4-9(20-11)7-12-13(17)16-14(21)22-12/h1-7H,(H2,15,18,19)(H,16,17,21). The maximum Gasteiger partial charge on any atom is 0.263 e. The Morgan fingerprint density at radius 3 is 2.70 bits per heavy atom. The average Bonchev–Trinajstić information content (AvgIpc) is 3.06. The molecule has 118 valence electrons. The van der Waals surface area contributed by atoms with Gasteiger partial charge in [-0.15, -0.1) is 0 Å². The molecule has 1 aromatic heterocycles. The van der Waals surface area contributed by atoms with Crippen molar-refractivity contribution in [2.75, 3.05) is 0 Å². The number of sulfonamides is 1. The van der Waals surface area contributed by atoms with Crippen LogP contribution in [0.5, 0.6) is 0 Å². The van der Waals surface area contributed by atoms with Gasteiger partial charge in [0.1, 0.15) is 15.8 Å². The summed E-state index contributed by atoms with van der Waals surface area (Å²) in [6.07, 6.45) is 1.58. The molecule has 1 aliphatic rings. The maximum absolute atomic E-state index is 11.6. The van der Waals surface area contributed by atoms with Gasteiger partial charge in [0.05, 0.1) is 9.80 Å². The minimum absolute atomic E-state index is 0.00220. The summed E-state index contributed by atoms with van der Waals surface area (Å²) < 4.78 is 28.8. The average molecular weight is 366 g/mol. The lowest BCUT2D eigenvalue weighted by atomic mass is 10.2. The topological polar surface area (TPSA) is 102 Å². The molecule has 3 N–H and O–H groups in total. The van der Waals surface area contributed by atoms with Crippen LogP contribution in [0.15, 0.2) is 50.6 Å². The van der Waals surface area contributed by atoms with E-state index >= 15 is 0 Å². The molecule has 1 aromatic carbocycles. The number of amides is 1. The summed E-state index contributed by atoms with van der Waals surface area (Å²) in [5.74, 6) is 0.658. The van der Waals surface area contributed by atoms with E-state index in [1.54, 1.807) is 30.3 Å². The number of furan rings is 1. The molecule has 1 fully saturated rings. The summed E-state index contributed by atoms with van der Waals surface area (Å²) in [5.41, 5.74) is 0.570. The first-order valence-corrected chi connectivity index (χ1v) is 9.08. The molecule has 0 atom stereocenters. The Bertz CT molecular complexity index is 944. The molecule has 0 unspecified atom stereocenters. The molecule has 3 rings (SSSR count). The number of primary sulfonamides is 1. The normalized spacial score (nSPS) is 16.8. The molecule has 1 saturated heterocycles. The van der Waals surface area contributed by atoms with Crippen LogP contribution in [0.4, 0.5) is 0 Å². The van der Waals surface area contributed by atoms with Crippen molar-refractivity contribution in [2.24, 2.45) is 5.14 Å². The number of rotatable bonds is 3. The van der Waals surface area contributed by atoms with Crippen molar-refractivity contribution in [2.45, 2.75) is 4.90 Å². The number of benzene rings is 1. The number of hydrogen-bond acceptors (Lipinski definition) is 6. The molecule has 1 aliphatic heterocycles. The van der Waals surface area contributed by atoms with E-state index in [0.717, 1.165) is 11.8 Å². The smallest absolute Gasteiger partial charge is 0.263 e. The molecule has 0 radical (unpaired) electrons. The maximum atomic E-state index is 11.6. The minimum atomic E-state index is -3.78. The largest absolute Gasteiger partial charge is 0.457 e. The highest BCUT2D eigenvalue weighted by molar-refractivity contribution is 8.26. The first-order chi connectivity index (χ1) is 10.8. The molecule has 0 spiro atoms. The third-order valence-electron chi connectivity index (χ3n) is 2.99. The monoisotopic (exact) mass is 366 g/mol. The Balaban J connectivity index is 1.93. The van der Waals surface area contributed by atoms with Crippen LogP contribution in [0.3, 0.4) is 0 Å². The lowest BCUT2D eigenvalue weighted by molar-refractivity contribution is -0.115. The highest BCUT2D eigenvalue weighted by Crippen LogP contribution is 2.29. The summed E-state index contributed by atoms with van der Waals surface area (Å²) >= 11 is 6.07. The lowest BCUT2D eigenvalue weighted by Crippen LogP contribution is -2.17. The predicted octanol–water partition coefficient (Wildman–Crippen LogP) is 2.08. The van der Waals surface area contributed by atoms with Gasteiger partial charge < -0.3 is 9.73 Å². The first kappa shape index (κ1) is 15.9. The fourth-order valence-corrected chi connectivity index (χ4v) is 3.55. The van der Waals surface area contributed by atoms with E-state index < -0.39 is 10.0 Å². The van der Waals surface area contributed by atoms with Gasteiger partial charge in [0.2, 0.25) is 10.0 Å². The van der Waals surface area contributed by atoms with Gasteiger partial charge in [-0.2, -0.15) is 0 Å². The lowest BCUT2D eigenvalue weighted by Gasteiger charge is -2.01. The third kappa shape index (κ3) is 3.53. The summed E-state index contributed by atoms with van der Waals surface area (Å²) in [4.78, 5) is 12.1. The van der Waals surface area contributed by atoms with E-state index in [0.29, 0.717) is 26.3 Å². The van der Waals surface area contributed by atoms with Crippen molar-refractivity contribution in [1.82, 2.24) is 5.32 Å². The Hall–Kier alpha value is -1.94. The number of nitrogens with one attached hydrogen (secondary N) is 1. The zero-order valence-electron chi connectivity index (χ0n) is 11.5. The fraction of sp³-hybridized carbons (Fsp3) is 0. The van der Waals surface area contributed by atoms with Crippen LogP contribution < -0.4 is 10.5 Å². The molecule has 0 saturated carbocycles. The predicted molar refractivity (Wildman–Crippen MR) is 91.8 cm³/mol. The first-order valence-electron chi connectivity index (χ1n) is 6.31. The van der Waals surface area contributed by atoms with Gasteiger partial charge in [-0.05, 0) is 24.3 Å². The third-order valence-corrected chi connectivity index (χ3v) is 5.06. The van der Waals surface area contributed by atoms with Gasteiger partial charge in [0, 0.05) is 11.6 Å². The molecule has 1 amide bonds. The number of thiocarbonyl (C=S) groups is 1. The van der Waals surface area contributed by atoms with Crippen molar-refractivity contribution >= 4 is 50.3 Å². The van der Waals surface area contributed by atoms with Gasteiger partial charge in [0.15, 0.2) is 0 Å². The summed E-state index contributed by atoms with van der Waals surface area (Å²) in [6, 6.07) is 9.49. The van der Waals surface area contributed by atoms with E-state index in [9.17, 15) is 13.2 Å². The second kappa shape index (κ2) is 5.93. The van der Waals surface area contributed by atoms with Crippen LogP contribution in [0.25, 0.3) is 17.4 Å². The highest BCUT2D eigenvalue weighted by Gasteiger charge is 2.22. The molecule has 0 bridgehead atoms. The summed E-state index contributed by atoms with van der Waals surface area (Å²) in [5, 5.41) is 7.63. The van der Waals surface area contributed by atoms with E-state index in [-0.39, 0.29) is 10.8 Å². The van der Waals surface area contributed by atoms with Crippen LogP contribution in [-0.4, -0.2) is 18.6 Å². The second-order valence-electron chi connectivity index (χ2n) is 4.63. The van der Waals surface area contributed by atoms with Gasteiger partial charge in [-0.1, -0.05) is 36.1 Å². The van der Waals surface area contributed by atoms with E-state index in [1.165, 1.54) is 12.1 Å². The van der Waals surface area contributed by atoms with E-state index in [2.05, 4.69) is 5.32 Å². The molecule has 6 nitrogen and oxygen atoms in total. The SMILES string of the molecule is NS(=O)(=O)c1cccc(-c2ccc(C=C3SC(=S)NC3=O)o2)c1.